The van der Waals surface area contributed by atoms with Gasteiger partial charge in [-0.15, -0.1) is 0 Å². The molecule has 4 rings (SSSR count). The van der Waals surface area contributed by atoms with Crippen LogP contribution >= 0.6 is 0 Å². The van der Waals surface area contributed by atoms with Crippen molar-refractivity contribution in [3.8, 4) is 0 Å². The van der Waals surface area contributed by atoms with Gasteiger partial charge in [-0.05, 0) is 30.5 Å². The van der Waals surface area contributed by atoms with Gasteiger partial charge in [0.2, 0.25) is 0 Å². The van der Waals surface area contributed by atoms with Crippen LogP contribution in [0.15, 0.2) is 54.6 Å². The van der Waals surface area contributed by atoms with Crippen molar-refractivity contribution < 1.29 is 4.79 Å². The van der Waals surface area contributed by atoms with Gasteiger partial charge in [-0.25, -0.2) is 0 Å². The Bertz CT molecular complexity index is 713. The second-order valence-electron chi connectivity index (χ2n) is 6.76. The fraction of sp³-hybridized carbons (Fsp3) is 0.350. The molecule has 3 nitrogen and oxygen atoms in total. The Morgan fingerprint density at radius 2 is 1.74 bits per heavy atom. The van der Waals surface area contributed by atoms with E-state index in [4.69, 9.17) is 0 Å². The summed E-state index contributed by atoms with van der Waals surface area (Å²) in [6.45, 7) is 5.04. The summed E-state index contributed by atoms with van der Waals surface area (Å²) in [5.74, 6) is 0.212. The van der Waals surface area contributed by atoms with Crippen LogP contribution in [0.2, 0.25) is 0 Å². The van der Waals surface area contributed by atoms with Crippen LogP contribution in [0.1, 0.15) is 28.4 Å². The van der Waals surface area contributed by atoms with Crippen LogP contribution in [-0.4, -0.2) is 40.9 Å². The molecule has 0 aromatic heterocycles. The minimum atomic E-state index is 0.212. The van der Waals surface area contributed by atoms with Crippen LogP contribution in [0.25, 0.3) is 0 Å². The van der Waals surface area contributed by atoms with Gasteiger partial charge >= 0.3 is 0 Å². The van der Waals surface area contributed by atoms with Gasteiger partial charge < -0.3 is 4.90 Å². The summed E-state index contributed by atoms with van der Waals surface area (Å²) in [6.07, 6.45) is 0.970. The van der Waals surface area contributed by atoms with Gasteiger partial charge in [0.25, 0.3) is 5.91 Å². The summed E-state index contributed by atoms with van der Waals surface area (Å²) in [4.78, 5) is 17.4. The lowest BCUT2D eigenvalue weighted by Gasteiger charge is -2.48. The Hall–Kier alpha value is -2.13. The van der Waals surface area contributed by atoms with Crippen molar-refractivity contribution in [2.45, 2.75) is 32.0 Å². The van der Waals surface area contributed by atoms with E-state index in [0.717, 1.165) is 31.6 Å². The molecule has 0 bridgehead atoms. The van der Waals surface area contributed by atoms with Gasteiger partial charge in [0.05, 0.1) is 0 Å². The molecular formula is C20H22N2O. The molecule has 0 aliphatic carbocycles. The normalized spacial score (nSPS) is 24.2. The van der Waals surface area contributed by atoms with Crippen molar-refractivity contribution in [1.29, 1.82) is 0 Å². The van der Waals surface area contributed by atoms with Crippen LogP contribution in [-0.2, 0) is 13.0 Å². The Kier molecular flexibility index (Phi) is 3.66. The highest BCUT2D eigenvalue weighted by atomic mass is 16.2. The topological polar surface area (TPSA) is 23.6 Å². The number of carbonyl (C=O) groups excluding carboxylic acids is 1. The predicted octanol–water partition coefficient (Wildman–Crippen LogP) is 2.96. The standard InChI is InChI=1S/C20H22N2O/c1-15-12-21(13-16-7-3-2-4-8-16)14-18-11-17-9-5-6-10-19(17)20(23)22(15)18/h2-10,15,18H,11-14H2,1H3. The molecule has 2 unspecified atom stereocenters. The summed E-state index contributed by atoms with van der Waals surface area (Å²) >= 11 is 0. The van der Waals surface area contributed by atoms with E-state index in [1.54, 1.807) is 0 Å². The average molecular weight is 306 g/mol. The van der Waals surface area contributed by atoms with Gasteiger partial charge in [0.15, 0.2) is 0 Å². The zero-order chi connectivity index (χ0) is 15.8. The van der Waals surface area contributed by atoms with E-state index in [-0.39, 0.29) is 11.9 Å². The molecule has 0 spiro atoms. The largest absolute Gasteiger partial charge is 0.330 e. The van der Waals surface area contributed by atoms with Crippen molar-refractivity contribution in [1.82, 2.24) is 9.80 Å². The number of carbonyl (C=O) groups is 1. The molecular weight excluding hydrogens is 284 g/mol. The molecule has 2 aromatic carbocycles. The number of rotatable bonds is 2. The fourth-order valence-corrected chi connectivity index (χ4v) is 4.08. The first-order valence-electron chi connectivity index (χ1n) is 8.39. The van der Waals surface area contributed by atoms with E-state index in [0.29, 0.717) is 6.04 Å². The average Bonchev–Trinajstić information content (AvgIpc) is 2.55. The number of benzene rings is 2. The summed E-state index contributed by atoms with van der Waals surface area (Å²) in [6, 6.07) is 19.2. The molecule has 0 N–H and O–H groups in total. The summed E-state index contributed by atoms with van der Waals surface area (Å²) < 4.78 is 0. The fourth-order valence-electron chi connectivity index (χ4n) is 4.08. The predicted molar refractivity (Wildman–Crippen MR) is 91.3 cm³/mol. The minimum absolute atomic E-state index is 0.212. The number of amides is 1. The first-order valence-corrected chi connectivity index (χ1v) is 8.39. The zero-order valence-electron chi connectivity index (χ0n) is 13.5. The molecule has 2 aliphatic rings. The first-order chi connectivity index (χ1) is 11.2. The van der Waals surface area contributed by atoms with Gasteiger partial charge in [-0.1, -0.05) is 48.5 Å². The smallest absolute Gasteiger partial charge is 0.254 e. The maximum Gasteiger partial charge on any atom is 0.254 e. The van der Waals surface area contributed by atoms with Gasteiger partial charge in [-0.3, -0.25) is 9.69 Å². The van der Waals surface area contributed by atoms with Gasteiger partial charge in [-0.2, -0.15) is 0 Å². The molecule has 2 aliphatic heterocycles. The highest BCUT2D eigenvalue weighted by molar-refractivity contribution is 5.97. The van der Waals surface area contributed by atoms with E-state index in [2.05, 4.69) is 53.1 Å². The maximum absolute atomic E-state index is 12.8. The number of hydrogen-bond acceptors (Lipinski definition) is 2. The quantitative estimate of drug-likeness (QED) is 0.851. The van der Waals surface area contributed by atoms with E-state index in [1.165, 1.54) is 11.1 Å². The van der Waals surface area contributed by atoms with Crippen molar-refractivity contribution in [2.24, 2.45) is 0 Å². The Balaban J connectivity index is 1.56. The van der Waals surface area contributed by atoms with Crippen molar-refractivity contribution in [3.05, 3.63) is 71.3 Å². The lowest BCUT2D eigenvalue weighted by Crippen LogP contribution is -2.61. The maximum atomic E-state index is 12.8. The Morgan fingerprint density at radius 1 is 1.00 bits per heavy atom. The Morgan fingerprint density at radius 3 is 2.57 bits per heavy atom. The van der Waals surface area contributed by atoms with E-state index in [1.807, 2.05) is 18.2 Å². The SMILES string of the molecule is CC1CN(Cc2ccccc2)CC2Cc3ccccc3C(=O)N12. The minimum Gasteiger partial charge on any atom is -0.330 e. The van der Waals surface area contributed by atoms with Crippen molar-refractivity contribution in [3.63, 3.8) is 0 Å². The summed E-state index contributed by atoms with van der Waals surface area (Å²) in [7, 11) is 0. The zero-order valence-corrected chi connectivity index (χ0v) is 13.5. The highest BCUT2D eigenvalue weighted by Gasteiger charge is 2.39. The third kappa shape index (κ3) is 2.66. The van der Waals surface area contributed by atoms with E-state index < -0.39 is 0 Å². The lowest BCUT2D eigenvalue weighted by molar-refractivity contribution is 0.0184. The first kappa shape index (κ1) is 14.5. The molecule has 118 valence electrons. The van der Waals surface area contributed by atoms with Crippen molar-refractivity contribution >= 4 is 5.91 Å². The van der Waals surface area contributed by atoms with Crippen LogP contribution in [0.5, 0.6) is 0 Å². The number of hydrogen-bond donors (Lipinski definition) is 0. The second-order valence-corrected chi connectivity index (χ2v) is 6.76. The molecule has 2 aromatic rings. The third-order valence-corrected chi connectivity index (χ3v) is 5.05. The molecule has 2 heterocycles. The molecule has 1 saturated heterocycles. The van der Waals surface area contributed by atoms with Crippen molar-refractivity contribution in [2.75, 3.05) is 13.1 Å². The molecule has 1 fully saturated rings. The molecule has 0 saturated carbocycles. The van der Waals surface area contributed by atoms with E-state index in [9.17, 15) is 4.79 Å². The van der Waals surface area contributed by atoms with Crippen LogP contribution in [0.3, 0.4) is 0 Å². The molecule has 23 heavy (non-hydrogen) atoms. The molecule has 2 atom stereocenters. The molecule has 1 amide bonds. The van der Waals surface area contributed by atoms with Crippen LogP contribution < -0.4 is 0 Å². The Labute approximate surface area is 137 Å². The lowest BCUT2D eigenvalue weighted by atomic mass is 9.90. The number of piperazine rings is 1. The van der Waals surface area contributed by atoms with Gasteiger partial charge in [0, 0.05) is 37.3 Å². The molecule has 3 heteroatoms. The number of fused-ring (bicyclic) bond motifs is 2. The van der Waals surface area contributed by atoms with Gasteiger partial charge in [0.1, 0.15) is 0 Å². The van der Waals surface area contributed by atoms with E-state index >= 15 is 0 Å². The van der Waals surface area contributed by atoms with Crippen LogP contribution in [0, 0.1) is 0 Å². The summed E-state index contributed by atoms with van der Waals surface area (Å²) in [5, 5.41) is 0. The second kappa shape index (κ2) is 5.82. The number of nitrogens with zero attached hydrogens (tertiary/aromatic N) is 2. The summed E-state index contributed by atoms with van der Waals surface area (Å²) in [5.41, 5.74) is 3.44. The third-order valence-electron chi connectivity index (χ3n) is 5.05. The molecule has 0 radical (unpaired) electrons. The highest BCUT2D eigenvalue weighted by Crippen LogP contribution is 2.29. The monoisotopic (exact) mass is 306 g/mol. The van der Waals surface area contributed by atoms with Crippen LogP contribution in [0.4, 0.5) is 0 Å².